The number of carbonyl (C=O) groups is 3. The molecular weight excluding hydrogens is 695 g/mol. The van der Waals surface area contributed by atoms with Crippen LogP contribution in [0.3, 0.4) is 0 Å². The number of H-pyrrole nitrogens is 2. The molecule has 12 heteroatoms. The van der Waals surface area contributed by atoms with Crippen LogP contribution >= 0.6 is 0 Å². The largest absolute Gasteiger partial charge is 0.453 e. The van der Waals surface area contributed by atoms with Gasteiger partial charge in [-0.05, 0) is 79.7 Å². The molecule has 0 unspecified atom stereocenters. The fourth-order valence-corrected chi connectivity index (χ4v) is 8.22. The zero-order valence-corrected chi connectivity index (χ0v) is 32.8. The number of methoxy groups -OCH3 is 1. The third-order valence-electron chi connectivity index (χ3n) is 11.9. The summed E-state index contributed by atoms with van der Waals surface area (Å²) in [4.78, 5) is 60.1. The highest BCUT2D eigenvalue weighted by molar-refractivity contribution is 5.87. The molecule has 3 N–H and O–H groups in total. The molecule has 3 amide bonds. The van der Waals surface area contributed by atoms with Gasteiger partial charge in [0, 0.05) is 55.1 Å². The Morgan fingerprint density at radius 1 is 0.909 bits per heavy atom. The molecule has 4 atom stereocenters. The first-order valence-corrected chi connectivity index (χ1v) is 19.7. The number of aromatic nitrogens is 4. The highest BCUT2D eigenvalue weighted by Crippen LogP contribution is 2.49. The quantitative estimate of drug-likeness (QED) is 0.169. The van der Waals surface area contributed by atoms with Gasteiger partial charge in [0.05, 0.1) is 35.9 Å². The first-order valence-electron chi connectivity index (χ1n) is 19.7. The minimum Gasteiger partial charge on any atom is -0.453 e. The molecule has 3 saturated heterocycles. The maximum atomic E-state index is 14.1. The van der Waals surface area contributed by atoms with Crippen molar-refractivity contribution in [3.05, 3.63) is 71.4 Å². The highest BCUT2D eigenvalue weighted by atomic mass is 16.5. The van der Waals surface area contributed by atoms with Crippen LogP contribution in [0.1, 0.15) is 102 Å². The minimum atomic E-state index is -0.722. The van der Waals surface area contributed by atoms with Gasteiger partial charge >= 0.3 is 6.09 Å². The SMILES string of the molecule is COC(=O)N[C@H](C(=O)N1CC2(CCOCC2)C[C@H]1c1nc2cc(C#Cc3ccc(-c4c[nH]c([C@@H]5CCCN5C(=O)[C@@H](C)C(C)C)n4)cc3)ccc2[nH]1)C(C)C. The average Bonchev–Trinajstić information content (AvgIpc) is 4.01. The van der Waals surface area contributed by atoms with E-state index in [9.17, 15) is 14.4 Å². The summed E-state index contributed by atoms with van der Waals surface area (Å²) in [5.41, 5.74) is 5.11. The average molecular weight is 748 g/mol. The number of nitrogens with one attached hydrogen (secondary N) is 3. The molecule has 1 spiro atoms. The zero-order chi connectivity index (χ0) is 38.9. The molecule has 2 aromatic carbocycles. The summed E-state index contributed by atoms with van der Waals surface area (Å²) in [6, 6.07) is 13.0. The second kappa shape index (κ2) is 15.9. The van der Waals surface area contributed by atoms with Gasteiger partial charge in [-0.1, -0.05) is 58.6 Å². The van der Waals surface area contributed by atoms with E-state index >= 15 is 0 Å². The monoisotopic (exact) mass is 747 g/mol. The lowest BCUT2D eigenvalue weighted by molar-refractivity contribution is -0.137. The number of carbonyl (C=O) groups excluding carboxylic acids is 3. The molecule has 0 aliphatic carbocycles. The minimum absolute atomic E-state index is 0.0190. The van der Waals surface area contributed by atoms with Crippen molar-refractivity contribution in [2.75, 3.05) is 33.4 Å². The molecule has 3 aliphatic heterocycles. The summed E-state index contributed by atoms with van der Waals surface area (Å²) >= 11 is 0. The summed E-state index contributed by atoms with van der Waals surface area (Å²) in [6.07, 6.45) is 5.69. The van der Waals surface area contributed by atoms with E-state index in [1.807, 2.05) is 79.2 Å². The van der Waals surface area contributed by atoms with Gasteiger partial charge in [0.15, 0.2) is 0 Å². The molecule has 2 aromatic heterocycles. The first kappa shape index (κ1) is 38.1. The van der Waals surface area contributed by atoms with Crippen molar-refractivity contribution in [1.29, 1.82) is 0 Å². The number of amides is 3. The van der Waals surface area contributed by atoms with Gasteiger partial charge < -0.3 is 34.6 Å². The third-order valence-corrected chi connectivity index (χ3v) is 11.9. The molecule has 0 bridgehead atoms. The summed E-state index contributed by atoms with van der Waals surface area (Å²) in [6.45, 7) is 12.7. The number of imidazole rings is 2. The van der Waals surface area contributed by atoms with Crippen molar-refractivity contribution in [1.82, 2.24) is 35.1 Å². The molecule has 55 heavy (non-hydrogen) atoms. The van der Waals surface area contributed by atoms with Crippen LogP contribution in [0.5, 0.6) is 0 Å². The van der Waals surface area contributed by atoms with Crippen LogP contribution in [0, 0.1) is 35.0 Å². The van der Waals surface area contributed by atoms with Crippen LogP contribution in [0.4, 0.5) is 4.79 Å². The van der Waals surface area contributed by atoms with Crippen molar-refractivity contribution in [3.63, 3.8) is 0 Å². The smallest absolute Gasteiger partial charge is 0.407 e. The Hall–Kier alpha value is -5.15. The predicted molar refractivity (Wildman–Crippen MR) is 210 cm³/mol. The van der Waals surface area contributed by atoms with E-state index in [0.717, 1.165) is 83.7 Å². The Balaban J connectivity index is 1.07. The Labute approximate surface area is 323 Å². The molecule has 290 valence electrons. The number of rotatable bonds is 8. The summed E-state index contributed by atoms with van der Waals surface area (Å²) < 4.78 is 10.5. The second-order valence-electron chi connectivity index (χ2n) is 16.2. The lowest BCUT2D eigenvalue weighted by Gasteiger charge is -2.34. The van der Waals surface area contributed by atoms with E-state index < -0.39 is 12.1 Å². The fraction of sp³-hybridized carbons (Fsp3) is 0.512. The van der Waals surface area contributed by atoms with E-state index in [0.29, 0.717) is 25.7 Å². The van der Waals surface area contributed by atoms with Crippen molar-refractivity contribution in [2.24, 2.45) is 23.2 Å². The lowest BCUT2D eigenvalue weighted by atomic mass is 9.78. The molecule has 7 rings (SSSR count). The van der Waals surface area contributed by atoms with Crippen LogP contribution in [0.25, 0.3) is 22.3 Å². The number of hydrogen-bond acceptors (Lipinski definition) is 7. The summed E-state index contributed by atoms with van der Waals surface area (Å²) in [7, 11) is 1.30. The summed E-state index contributed by atoms with van der Waals surface area (Å²) in [5.74, 6) is 8.36. The number of benzene rings is 2. The zero-order valence-electron chi connectivity index (χ0n) is 32.8. The van der Waals surface area contributed by atoms with Gasteiger partial charge in [-0.3, -0.25) is 9.59 Å². The van der Waals surface area contributed by atoms with E-state index in [-0.39, 0.29) is 41.1 Å². The lowest BCUT2D eigenvalue weighted by Crippen LogP contribution is -2.51. The summed E-state index contributed by atoms with van der Waals surface area (Å²) in [5, 5.41) is 2.76. The number of nitrogens with zero attached hydrogens (tertiary/aromatic N) is 4. The van der Waals surface area contributed by atoms with Crippen LogP contribution < -0.4 is 5.32 Å². The van der Waals surface area contributed by atoms with Gasteiger partial charge in [0.1, 0.15) is 17.7 Å². The number of ether oxygens (including phenoxy) is 2. The molecule has 3 aliphatic rings. The van der Waals surface area contributed by atoms with Crippen LogP contribution in [-0.2, 0) is 19.1 Å². The highest BCUT2D eigenvalue weighted by Gasteiger charge is 2.49. The Morgan fingerprint density at radius 2 is 1.64 bits per heavy atom. The number of fused-ring (bicyclic) bond motifs is 1. The second-order valence-corrected chi connectivity index (χ2v) is 16.2. The Morgan fingerprint density at radius 3 is 2.35 bits per heavy atom. The first-order chi connectivity index (χ1) is 26.4. The fourth-order valence-electron chi connectivity index (χ4n) is 8.22. The molecule has 12 nitrogen and oxygen atoms in total. The Kier molecular flexibility index (Phi) is 11.0. The van der Waals surface area contributed by atoms with Crippen LogP contribution in [0.15, 0.2) is 48.7 Å². The van der Waals surface area contributed by atoms with Crippen LogP contribution in [-0.4, -0.2) is 87.1 Å². The van der Waals surface area contributed by atoms with Gasteiger partial charge in [-0.2, -0.15) is 0 Å². The predicted octanol–water partition coefficient (Wildman–Crippen LogP) is 6.76. The normalized spacial score (nSPS) is 20.5. The van der Waals surface area contributed by atoms with Crippen molar-refractivity contribution in [3.8, 4) is 23.1 Å². The molecule has 0 radical (unpaired) electrons. The van der Waals surface area contributed by atoms with E-state index in [1.165, 1.54) is 7.11 Å². The van der Waals surface area contributed by atoms with Crippen molar-refractivity contribution < 1.29 is 23.9 Å². The Bertz CT molecular complexity index is 2080. The van der Waals surface area contributed by atoms with E-state index in [2.05, 4.69) is 41.0 Å². The van der Waals surface area contributed by atoms with E-state index in [4.69, 9.17) is 19.4 Å². The number of hydrogen-bond donors (Lipinski definition) is 3. The molecule has 3 fully saturated rings. The standard InChI is InChI=1S/C43H53N7O5/c1-26(2)28(5)40(51)49-19-7-8-35(49)38-44-24-34(47-38)31-14-11-29(12-15-31)9-10-30-13-16-32-33(22-30)46-39(45-32)36-23-43(17-20-55-21-18-43)25-50(36)41(52)37(27(3)4)48-42(53)54-6/h11-16,22,24,26-28,35-37H,7-8,17-21,23,25H2,1-6H3,(H,44,47)(H,45,46)(H,48,53)/t28-,35-,36-,37-/m0/s1. The third kappa shape index (κ3) is 7.99. The van der Waals surface area contributed by atoms with Gasteiger partial charge in [0.2, 0.25) is 11.8 Å². The molecular formula is C43H53N7O5. The van der Waals surface area contributed by atoms with Crippen molar-refractivity contribution in [2.45, 2.75) is 84.8 Å². The van der Waals surface area contributed by atoms with Crippen molar-refractivity contribution >= 4 is 28.9 Å². The molecule has 4 aromatic rings. The molecule has 0 saturated carbocycles. The van der Waals surface area contributed by atoms with Gasteiger partial charge in [-0.25, -0.2) is 14.8 Å². The maximum Gasteiger partial charge on any atom is 0.407 e. The maximum absolute atomic E-state index is 14.1. The number of likely N-dealkylation sites (tertiary alicyclic amines) is 2. The number of alkyl carbamates (subject to hydrolysis) is 1. The molecule has 5 heterocycles. The van der Waals surface area contributed by atoms with Gasteiger partial charge in [-0.15, -0.1) is 0 Å². The van der Waals surface area contributed by atoms with E-state index in [1.54, 1.807) is 0 Å². The van der Waals surface area contributed by atoms with Crippen LogP contribution in [0.2, 0.25) is 0 Å². The topological polar surface area (TPSA) is 146 Å². The number of aromatic amines is 2. The van der Waals surface area contributed by atoms with Gasteiger partial charge in [0.25, 0.3) is 0 Å².